The molecule has 0 spiro atoms. The van der Waals surface area contributed by atoms with Crippen molar-refractivity contribution in [3.8, 4) is 0 Å². The molecular formula is C16H20N2S. The summed E-state index contributed by atoms with van der Waals surface area (Å²) >= 11 is 2.08. The van der Waals surface area contributed by atoms with Crippen molar-refractivity contribution in [2.45, 2.75) is 19.9 Å². The lowest BCUT2D eigenvalue weighted by atomic mass is 10.1. The van der Waals surface area contributed by atoms with E-state index in [0.29, 0.717) is 0 Å². The third-order valence-electron chi connectivity index (χ3n) is 3.70. The van der Waals surface area contributed by atoms with Crippen molar-refractivity contribution in [3.63, 3.8) is 0 Å². The van der Waals surface area contributed by atoms with Crippen LogP contribution in [0.1, 0.15) is 17.7 Å². The molecule has 2 aromatic rings. The van der Waals surface area contributed by atoms with Crippen LogP contribution in [0.4, 0.5) is 0 Å². The lowest BCUT2D eigenvalue weighted by Gasteiger charge is -2.12. The Bertz CT molecular complexity index is 562. The quantitative estimate of drug-likeness (QED) is 0.923. The minimum Gasteiger partial charge on any atom is -0.312 e. The number of aromatic nitrogens is 1. The number of nitrogens with zero attached hydrogens (tertiary/aromatic N) is 1. The zero-order valence-electron chi connectivity index (χ0n) is 11.4. The average Bonchev–Trinajstić information content (AvgIpc) is 2.91. The zero-order valence-corrected chi connectivity index (χ0v) is 12.2. The van der Waals surface area contributed by atoms with Gasteiger partial charge in [0.15, 0.2) is 0 Å². The number of pyridine rings is 1. The SMILES string of the molecule is Cc1cc(CNCC2CCSC2)c2ccccc2n1. The van der Waals surface area contributed by atoms with Gasteiger partial charge in [-0.2, -0.15) is 11.8 Å². The van der Waals surface area contributed by atoms with Crippen LogP contribution in [0.5, 0.6) is 0 Å². The third-order valence-corrected chi connectivity index (χ3v) is 4.93. The third kappa shape index (κ3) is 3.10. The second-order valence-corrected chi connectivity index (χ2v) is 6.45. The highest BCUT2D eigenvalue weighted by Crippen LogP contribution is 2.23. The number of fused-ring (bicyclic) bond motifs is 1. The maximum absolute atomic E-state index is 4.59. The smallest absolute Gasteiger partial charge is 0.0708 e. The molecule has 1 aliphatic heterocycles. The topological polar surface area (TPSA) is 24.9 Å². The maximum atomic E-state index is 4.59. The minimum absolute atomic E-state index is 0.860. The van der Waals surface area contributed by atoms with Gasteiger partial charge in [0.05, 0.1) is 5.52 Å². The molecule has 0 radical (unpaired) electrons. The number of nitrogens with one attached hydrogen (secondary N) is 1. The van der Waals surface area contributed by atoms with Crippen LogP contribution in [0.2, 0.25) is 0 Å². The maximum Gasteiger partial charge on any atom is 0.0708 e. The fourth-order valence-electron chi connectivity index (χ4n) is 2.70. The summed E-state index contributed by atoms with van der Waals surface area (Å²) in [5.74, 6) is 3.52. The molecule has 2 nitrogen and oxygen atoms in total. The van der Waals surface area contributed by atoms with E-state index in [1.807, 2.05) is 0 Å². The van der Waals surface area contributed by atoms with Crippen LogP contribution in [0.25, 0.3) is 10.9 Å². The van der Waals surface area contributed by atoms with E-state index in [9.17, 15) is 0 Å². The molecule has 1 N–H and O–H groups in total. The number of hydrogen-bond acceptors (Lipinski definition) is 3. The fourth-order valence-corrected chi connectivity index (χ4v) is 3.98. The Labute approximate surface area is 119 Å². The minimum atomic E-state index is 0.860. The van der Waals surface area contributed by atoms with E-state index in [4.69, 9.17) is 0 Å². The van der Waals surface area contributed by atoms with Gasteiger partial charge in [-0.15, -0.1) is 0 Å². The van der Waals surface area contributed by atoms with E-state index in [1.54, 1.807) is 0 Å². The second kappa shape index (κ2) is 5.93. The summed E-state index contributed by atoms with van der Waals surface area (Å²) in [6, 6.07) is 10.6. The highest BCUT2D eigenvalue weighted by molar-refractivity contribution is 7.99. The summed E-state index contributed by atoms with van der Waals surface area (Å²) in [7, 11) is 0. The molecular weight excluding hydrogens is 252 g/mol. The van der Waals surface area contributed by atoms with Gasteiger partial charge in [0.1, 0.15) is 0 Å². The Hall–Kier alpha value is -1.06. The Morgan fingerprint density at radius 1 is 1.37 bits per heavy atom. The summed E-state index contributed by atoms with van der Waals surface area (Å²) in [4.78, 5) is 4.59. The van der Waals surface area contributed by atoms with Gasteiger partial charge in [0.2, 0.25) is 0 Å². The average molecular weight is 272 g/mol. The van der Waals surface area contributed by atoms with E-state index in [2.05, 4.69) is 59.3 Å². The Morgan fingerprint density at radius 3 is 3.11 bits per heavy atom. The van der Waals surface area contributed by atoms with Crippen LogP contribution < -0.4 is 5.32 Å². The molecule has 1 atom stereocenters. The molecule has 3 rings (SSSR count). The van der Waals surface area contributed by atoms with Crippen molar-refractivity contribution in [1.82, 2.24) is 10.3 Å². The molecule has 0 saturated carbocycles. The number of para-hydroxylation sites is 1. The van der Waals surface area contributed by atoms with Crippen molar-refractivity contribution >= 4 is 22.7 Å². The molecule has 100 valence electrons. The molecule has 1 aromatic carbocycles. The van der Waals surface area contributed by atoms with Crippen LogP contribution >= 0.6 is 11.8 Å². The van der Waals surface area contributed by atoms with Crippen molar-refractivity contribution in [3.05, 3.63) is 41.6 Å². The van der Waals surface area contributed by atoms with Crippen LogP contribution in [-0.4, -0.2) is 23.0 Å². The highest BCUT2D eigenvalue weighted by atomic mass is 32.2. The van der Waals surface area contributed by atoms with Crippen molar-refractivity contribution in [2.75, 3.05) is 18.1 Å². The van der Waals surface area contributed by atoms with Crippen LogP contribution in [0.3, 0.4) is 0 Å². The Balaban J connectivity index is 1.72. The predicted molar refractivity (Wildman–Crippen MR) is 83.6 cm³/mol. The number of benzene rings is 1. The van der Waals surface area contributed by atoms with Gasteiger partial charge < -0.3 is 5.32 Å². The first kappa shape index (κ1) is 12.9. The lowest BCUT2D eigenvalue weighted by Crippen LogP contribution is -2.22. The normalized spacial score (nSPS) is 19.1. The van der Waals surface area contributed by atoms with Gasteiger partial charge >= 0.3 is 0 Å². The second-order valence-electron chi connectivity index (χ2n) is 5.30. The summed E-state index contributed by atoms with van der Waals surface area (Å²) in [5, 5.41) is 4.90. The summed E-state index contributed by atoms with van der Waals surface area (Å²) in [6.45, 7) is 4.16. The molecule has 2 heterocycles. The number of hydrogen-bond donors (Lipinski definition) is 1. The molecule has 3 heteroatoms. The van der Waals surface area contributed by atoms with E-state index in [-0.39, 0.29) is 0 Å². The van der Waals surface area contributed by atoms with Crippen LogP contribution in [0, 0.1) is 12.8 Å². The van der Waals surface area contributed by atoms with Gasteiger partial charge in [-0.05, 0) is 55.0 Å². The summed E-state index contributed by atoms with van der Waals surface area (Å²) < 4.78 is 0. The standard InChI is InChI=1S/C16H20N2S/c1-12-8-14(10-17-9-13-6-7-19-11-13)15-4-2-3-5-16(15)18-12/h2-5,8,13,17H,6-7,9-11H2,1H3. The Morgan fingerprint density at radius 2 is 2.26 bits per heavy atom. The van der Waals surface area contributed by atoms with Gasteiger partial charge in [-0.25, -0.2) is 0 Å². The Kier molecular flexibility index (Phi) is 4.04. The van der Waals surface area contributed by atoms with Crippen molar-refractivity contribution in [1.29, 1.82) is 0 Å². The monoisotopic (exact) mass is 272 g/mol. The first-order valence-electron chi connectivity index (χ1n) is 6.96. The fraction of sp³-hybridized carbons (Fsp3) is 0.438. The van der Waals surface area contributed by atoms with Gasteiger partial charge in [0.25, 0.3) is 0 Å². The highest BCUT2D eigenvalue weighted by Gasteiger charge is 2.14. The molecule has 1 fully saturated rings. The van der Waals surface area contributed by atoms with E-state index in [0.717, 1.165) is 30.2 Å². The first-order valence-corrected chi connectivity index (χ1v) is 8.12. The molecule has 1 saturated heterocycles. The van der Waals surface area contributed by atoms with Crippen LogP contribution in [0.15, 0.2) is 30.3 Å². The first-order chi connectivity index (χ1) is 9.33. The largest absolute Gasteiger partial charge is 0.312 e. The van der Waals surface area contributed by atoms with E-state index in [1.165, 1.54) is 28.9 Å². The van der Waals surface area contributed by atoms with E-state index < -0.39 is 0 Å². The van der Waals surface area contributed by atoms with Crippen molar-refractivity contribution in [2.24, 2.45) is 5.92 Å². The number of rotatable bonds is 4. The number of aryl methyl sites for hydroxylation is 1. The van der Waals surface area contributed by atoms with Gasteiger partial charge in [-0.3, -0.25) is 4.98 Å². The lowest BCUT2D eigenvalue weighted by molar-refractivity contribution is 0.524. The predicted octanol–water partition coefficient (Wildman–Crippen LogP) is 3.39. The molecule has 0 aliphatic carbocycles. The molecule has 0 bridgehead atoms. The molecule has 1 unspecified atom stereocenters. The summed E-state index contributed by atoms with van der Waals surface area (Å²) in [5.41, 5.74) is 3.58. The molecule has 1 aliphatic rings. The zero-order chi connectivity index (χ0) is 13.1. The van der Waals surface area contributed by atoms with Crippen LogP contribution in [-0.2, 0) is 6.54 Å². The molecule has 0 amide bonds. The molecule has 1 aromatic heterocycles. The molecule has 19 heavy (non-hydrogen) atoms. The van der Waals surface area contributed by atoms with Gasteiger partial charge in [-0.1, -0.05) is 18.2 Å². The van der Waals surface area contributed by atoms with E-state index >= 15 is 0 Å². The number of thioether (sulfide) groups is 1. The summed E-state index contributed by atoms with van der Waals surface area (Å²) in [6.07, 6.45) is 1.37. The van der Waals surface area contributed by atoms with Crippen molar-refractivity contribution < 1.29 is 0 Å². The van der Waals surface area contributed by atoms with Gasteiger partial charge in [0, 0.05) is 17.6 Å².